The van der Waals surface area contributed by atoms with Crippen molar-refractivity contribution >= 4 is 31.9 Å². The molecule has 0 radical (unpaired) electrons. The van der Waals surface area contributed by atoms with E-state index in [-0.39, 0.29) is 16.9 Å². The van der Waals surface area contributed by atoms with Crippen molar-refractivity contribution in [3.05, 3.63) is 28.7 Å². The Labute approximate surface area is 164 Å². The highest BCUT2D eigenvalue weighted by atomic mass is 79.9. The predicted molar refractivity (Wildman–Crippen MR) is 104 cm³/mol. The summed E-state index contributed by atoms with van der Waals surface area (Å²) in [5.74, 6) is -0.129. The molecule has 1 fully saturated rings. The number of ether oxygens (including phenoxy) is 1. The van der Waals surface area contributed by atoms with E-state index in [1.54, 1.807) is 24.3 Å². The zero-order chi connectivity index (χ0) is 19.0. The first kappa shape index (κ1) is 21.3. The van der Waals surface area contributed by atoms with Crippen molar-refractivity contribution in [2.75, 3.05) is 26.2 Å². The predicted octanol–water partition coefficient (Wildman–Crippen LogP) is 2.93. The Kier molecular flexibility index (Phi) is 8.53. The van der Waals surface area contributed by atoms with Gasteiger partial charge in [-0.1, -0.05) is 22.4 Å². The van der Waals surface area contributed by atoms with Gasteiger partial charge in [0, 0.05) is 23.5 Å². The van der Waals surface area contributed by atoms with Gasteiger partial charge in [-0.05, 0) is 63.5 Å². The number of likely N-dealkylation sites (tertiary alicyclic amines) is 1. The second kappa shape index (κ2) is 10.4. The lowest BCUT2D eigenvalue weighted by atomic mass is 10.2. The Bertz CT molecular complexity index is 679. The fraction of sp³-hybridized carbons (Fsp3) is 0.611. The van der Waals surface area contributed by atoms with Gasteiger partial charge in [0.1, 0.15) is 0 Å². The Balaban J connectivity index is 1.68. The van der Waals surface area contributed by atoms with Gasteiger partial charge in [0.15, 0.2) is 0 Å². The van der Waals surface area contributed by atoms with Crippen LogP contribution in [-0.2, 0) is 19.6 Å². The fourth-order valence-electron chi connectivity index (χ4n) is 3.05. The van der Waals surface area contributed by atoms with E-state index in [0.717, 1.165) is 49.8 Å². The summed E-state index contributed by atoms with van der Waals surface area (Å²) < 4.78 is 33.4. The molecule has 1 aromatic carbocycles. The molecule has 146 valence electrons. The van der Waals surface area contributed by atoms with Crippen LogP contribution in [0.25, 0.3) is 0 Å². The molecule has 1 aromatic rings. The summed E-state index contributed by atoms with van der Waals surface area (Å²) in [6, 6.07) is 6.60. The van der Waals surface area contributed by atoms with Crippen LogP contribution in [0.5, 0.6) is 0 Å². The molecule has 26 heavy (non-hydrogen) atoms. The number of carbonyl (C=O) groups is 1. The molecule has 0 amide bonds. The van der Waals surface area contributed by atoms with Crippen molar-refractivity contribution in [2.24, 2.45) is 0 Å². The van der Waals surface area contributed by atoms with Crippen LogP contribution >= 0.6 is 15.9 Å². The van der Waals surface area contributed by atoms with E-state index in [4.69, 9.17) is 4.74 Å². The van der Waals surface area contributed by atoms with E-state index >= 15 is 0 Å². The maximum absolute atomic E-state index is 12.4. The lowest BCUT2D eigenvalue weighted by Gasteiger charge is -2.16. The summed E-state index contributed by atoms with van der Waals surface area (Å²) in [6.07, 6.45) is 4.12. The van der Waals surface area contributed by atoms with Gasteiger partial charge in [0.25, 0.3) is 0 Å². The van der Waals surface area contributed by atoms with Crippen LogP contribution in [0.4, 0.5) is 0 Å². The molecule has 1 heterocycles. The summed E-state index contributed by atoms with van der Waals surface area (Å²) >= 11 is 3.31. The van der Waals surface area contributed by atoms with Crippen LogP contribution in [0, 0.1) is 0 Å². The number of nitrogens with one attached hydrogen (secondary N) is 1. The van der Waals surface area contributed by atoms with Crippen LogP contribution < -0.4 is 4.72 Å². The maximum Gasteiger partial charge on any atom is 0.305 e. The highest BCUT2D eigenvalue weighted by Crippen LogP contribution is 2.17. The van der Waals surface area contributed by atoms with E-state index in [9.17, 15) is 13.2 Å². The van der Waals surface area contributed by atoms with Gasteiger partial charge in [-0.15, -0.1) is 0 Å². The van der Waals surface area contributed by atoms with Gasteiger partial charge >= 0.3 is 5.97 Å². The van der Waals surface area contributed by atoms with Gasteiger partial charge in [0.05, 0.1) is 11.5 Å². The van der Waals surface area contributed by atoms with Crippen LogP contribution in [0.1, 0.15) is 39.0 Å². The third-order valence-electron chi connectivity index (χ3n) is 4.38. The van der Waals surface area contributed by atoms with Crippen molar-refractivity contribution in [2.45, 2.75) is 50.0 Å². The molecule has 1 atom stereocenters. The van der Waals surface area contributed by atoms with Crippen molar-refractivity contribution in [1.82, 2.24) is 9.62 Å². The minimum Gasteiger partial charge on any atom is -0.466 e. The van der Waals surface area contributed by atoms with Gasteiger partial charge in [-0.3, -0.25) is 4.79 Å². The Morgan fingerprint density at radius 1 is 1.27 bits per heavy atom. The first-order valence-electron chi connectivity index (χ1n) is 9.06. The molecule has 0 bridgehead atoms. The number of hydrogen-bond donors (Lipinski definition) is 1. The van der Waals surface area contributed by atoms with Gasteiger partial charge in [-0.25, -0.2) is 13.1 Å². The number of hydrogen-bond acceptors (Lipinski definition) is 5. The average molecular weight is 447 g/mol. The summed E-state index contributed by atoms with van der Waals surface area (Å²) in [5.41, 5.74) is 0. The number of sulfonamides is 1. The molecular formula is C18H27BrN2O4S. The van der Waals surface area contributed by atoms with Gasteiger partial charge in [-0.2, -0.15) is 0 Å². The topological polar surface area (TPSA) is 75.7 Å². The van der Waals surface area contributed by atoms with E-state index in [1.165, 1.54) is 0 Å². The first-order chi connectivity index (χ1) is 12.4. The minimum atomic E-state index is -3.48. The molecule has 8 heteroatoms. The summed E-state index contributed by atoms with van der Waals surface area (Å²) in [5, 5.41) is 0. The second-order valence-electron chi connectivity index (χ2n) is 6.48. The standard InChI is InChI=1S/C18H27BrN2O4S/c1-2-25-18(22)6-4-3-5-12-21-13-11-16(14-21)20-26(23,24)17-9-7-15(19)8-10-17/h7-10,16,20H,2-6,11-14H2,1H3. The summed E-state index contributed by atoms with van der Waals surface area (Å²) in [6.45, 7) is 4.80. The molecule has 0 spiro atoms. The van der Waals surface area contributed by atoms with Gasteiger partial charge < -0.3 is 9.64 Å². The van der Waals surface area contributed by atoms with E-state index in [1.807, 2.05) is 6.92 Å². The van der Waals surface area contributed by atoms with Crippen molar-refractivity contribution in [3.63, 3.8) is 0 Å². The van der Waals surface area contributed by atoms with Crippen molar-refractivity contribution < 1.29 is 17.9 Å². The van der Waals surface area contributed by atoms with E-state index in [0.29, 0.717) is 13.0 Å². The van der Waals surface area contributed by atoms with E-state index in [2.05, 4.69) is 25.6 Å². The maximum atomic E-state index is 12.4. The lowest BCUT2D eigenvalue weighted by molar-refractivity contribution is -0.143. The molecular weight excluding hydrogens is 420 g/mol. The van der Waals surface area contributed by atoms with Crippen LogP contribution in [0.15, 0.2) is 33.6 Å². The smallest absolute Gasteiger partial charge is 0.305 e. The van der Waals surface area contributed by atoms with E-state index < -0.39 is 10.0 Å². The number of carbonyl (C=O) groups excluding carboxylic acids is 1. The fourth-order valence-corrected chi connectivity index (χ4v) is 4.57. The third-order valence-corrected chi connectivity index (χ3v) is 6.44. The molecule has 1 unspecified atom stereocenters. The molecule has 1 aliphatic rings. The van der Waals surface area contributed by atoms with Crippen molar-refractivity contribution in [1.29, 1.82) is 0 Å². The highest BCUT2D eigenvalue weighted by molar-refractivity contribution is 9.10. The number of nitrogens with zero attached hydrogens (tertiary/aromatic N) is 1. The van der Waals surface area contributed by atoms with Crippen LogP contribution in [0.2, 0.25) is 0 Å². The van der Waals surface area contributed by atoms with Crippen LogP contribution in [-0.4, -0.2) is 51.6 Å². The Morgan fingerprint density at radius 2 is 2.00 bits per heavy atom. The third kappa shape index (κ3) is 6.98. The Morgan fingerprint density at radius 3 is 2.69 bits per heavy atom. The molecule has 0 aliphatic carbocycles. The SMILES string of the molecule is CCOC(=O)CCCCCN1CCC(NS(=O)(=O)c2ccc(Br)cc2)C1. The highest BCUT2D eigenvalue weighted by Gasteiger charge is 2.26. The molecule has 1 aliphatic heterocycles. The zero-order valence-electron chi connectivity index (χ0n) is 15.1. The number of unbranched alkanes of at least 4 members (excludes halogenated alkanes) is 2. The summed E-state index contributed by atoms with van der Waals surface area (Å²) in [4.78, 5) is 13.8. The lowest BCUT2D eigenvalue weighted by Crippen LogP contribution is -2.37. The quantitative estimate of drug-likeness (QED) is 0.441. The minimum absolute atomic E-state index is 0.0526. The zero-order valence-corrected chi connectivity index (χ0v) is 17.5. The molecule has 0 saturated carbocycles. The molecule has 0 aromatic heterocycles. The summed E-state index contributed by atoms with van der Waals surface area (Å²) in [7, 11) is -3.48. The normalized spacial score (nSPS) is 18.2. The number of rotatable bonds is 10. The van der Waals surface area contributed by atoms with Crippen LogP contribution in [0.3, 0.4) is 0 Å². The largest absolute Gasteiger partial charge is 0.466 e. The monoisotopic (exact) mass is 446 g/mol. The molecule has 1 N–H and O–H groups in total. The van der Waals surface area contributed by atoms with Crippen molar-refractivity contribution in [3.8, 4) is 0 Å². The average Bonchev–Trinajstić information content (AvgIpc) is 3.02. The molecule has 6 nitrogen and oxygen atoms in total. The van der Waals surface area contributed by atoms with Gasteiger partial charge in [0.2, 0.25) is 10.0 Å². The second-order valence-corrected chi connectivity index (χ2v) is 9.11. The molecule has 1 saturated heterocycles. The molecule has 2 rings (SSSR count). The number of esters is 1. The number of benzene rings is 1. The Hall–Kier alpha value is -0.960. The first-order valence-corrected chi connectivity index (χ1v) is 11.3. The number of halogens is 1.